The zero-order valence-corrected chi connectivity index (χ0v) is 12.7. The van der Waals surface area contributed by atoms with Crippen molar-refractivity contribution in [2.45, 2.75) is 38.8 Å². The van der Waals surface area contributed by atoms with E-state index >= 15 is 0 Å². The van der Waals surface area contributed by atoms with E-state index in [0.29, 0.717) is 19.6 Å². The SMILES string of the molecule is CC(NS(=O)(=O)N1CCCCC1)c1ccc(CN)cc1. The van der Waals surface area contributed by atoms with Crippen molar-refractivity contribution in [1.82, 2.24) is 9.03 Å². The molecule has 5 nitrogen and oxygen atoms in total. The lowest BCUT2D eigenvalue weighted by Gasteiger charge is -2.27. The lowest BCUT2D eigenvalue weighted by atomic mass is 10.1. The van der Waals surface area contributed by atoms with Crippen LogP contribution in [0.5, 0.6) is 0 Å². The van der Waals surface area contributed by atoms with Crippen LogP contribution in [0.3, 0.4) is 0 Å². The van der Waals surface area contributed by atoms with Crippen LogP contribution in [0.15, 0.2) is 24.3 Å². The van der Waals surface area contributed by atoms with Gasteiger partial charge in [-0.05, 0) is 30.9 Å². The summed E-state index contributed by atoms with van der Waals surface area (Å²) >= 11 is 0. The van der Waals surface area contributed by atoms with E-state index in [4.69, 9.17) is 5.73 Å². The Bertz CT molecular complexity index is 522. The van der Waals surface area contributed by atoms with E-state index in [9.17, 15) is 8.42 Å². The molecule has 1 unspecified atom stereocenters. The van der Waals surface area contributed by atoms with Crippen molar-refractivity contribution in [3.63, 3.8) is 0 Å². The molecule has 1 fully saturated rings. The molecule has 0 spiro atoms. The van der Waals surface area contributed by atoms with E-state index < -0.39 is 10.2 Å². The summed E-state index contributed by atoms with van der Waals surface area (Å²) in [7, 11) is -3.39. The van der Waals surface area contributed by atoms with Crippen molar-refractivity contribution in [3.8, 4) is 0 Å². The topological polar surface area (TPSA) is 75.4 Å². The highest BCUT2D eigenvalue weighted by atomic mass is 32.2. The van der Waals surface area contributed by atoms with Crippen LogP contribution in [0, 0.1) is 0 Å². The number of nitrogens with two attached hydrogens (primary N) is 1. The van der Waals surface area contributed by atoms with Gasteiger partial charge in [-0.2, -0.15) is 17.4 Å². The smallest absolute Gasteiger partial charge is 0.279 e. The number of nitrogens with zero attached hydrogens (tertiary/aromatic N) is 1. The number of hydrogen-bond acceptors (Lipinski definition) is 3. The average Bonchev–Trinajstić information content (AvgIpc) is 2.48. The molecule has 1 heterocycles. The Morgan fingerprint density at radius 3 is 2.35 bits per heavy atom. The van der Waals surface area contributed by atoms with Crippen LogP contribution in [-0.2, 0) is 16.8 Å². The van der Waals surface area contributed by atoms with Crippen LogP contribution in [0.2, 0.25) is 0 Å². The van der Waals surface area contributed by atoms with E-state index in [1.165, 1.54) is 0 Å². The molecule has 0 saturated carbocycles. The number of rotatable bonds is 5. The van der Waals surface area contributed by atoms with Crippen molar-refractivity contribution in [2.24, 2.45) is 5.73 Å². The summed E-state index contributed by atoms with van der Waals surface area (Å²) in [5, 5.41) is 0. The van der Waals surface area contributed by atoms with Crippen LogP contribution in [0.1, 0.15) is 43.4 Å². The average molecular weight is 297 g/mol. The van der Waals surface area contributed by atoms with Crippen LogP contribution in [-0.4, -0.2) is 25.8 Å². The lowest BCUT2D eigenvalue weighted by Crippen LogP contribution is -2.44. The molecule has 20 heavy (non-hydrogen) atoms. The predicted octanol–water partition coefficient (Wildman–Crippen LogP) is 1.53. The molecule has 3 N–H and O–H groups in total. The first-order valence-corrected chi connectivity index (χ1v) is 8.53. The second-order valence-electron chi connectivity index (χ2n) is 5.25. The third-order valence-electron chi connectivity index (χ3n) is 3.70. The Labute approximate surface area is 121 Å². The molecular formula is C14H23N3O2S. The quantitative estimate of drug-likeness (QED) is 0.865. The molecule has 0 bridgehead atoms. The number of nitrogens with one attached hydrogen (secondary N) is 1. The van der Waals surface area contributed by atoms with E-state index in [1.54, 1.807) is 4.31 Å². The molecular weight excluding hydrogens is 274 g/mol. The van der Waals surface area contributed by atoms with Crippen LogP contribution in [0.25, 0.3) is 0 Å². The van der Waals surface area contributed by atoms with Crippen molar-refractivity contribution in [1.29, 1.82) is 0 Å². The highest BCUT2D eigenvalue weighted by Gasteiger charge is 2.25. The van der Waals surface area contributed by atoms with Gasteiger partial charge in [-0.1, -0.05) is 30.7 Å². The summed E-state index contributed by atoms with van der Waals surface area (Å²) in [5.74, 6) is 0. The van der Waals surface area contributed by atoms with E-state index in [1.807, 2.05) is 31.2 Å². The summed E-state index contributed by atoms with van der Waals surface area (Å²) in [6, 6.07) is 7.47. The first-order chi connectivity index (χ1) is 9.53. The van der Waals surface area contributed by atoms with Gasteiger partial charge in [0.25, 0.3) is 10.2 Å². The molecule has 1 aromatic carbocycles. The van der Waals surface area contributed by atoms with Gasteiger partial charge in [0.15, 0.2) is 0 Å². The van der Waals surface area contributed by atoms with Gasteiger partial charge in [0.1, 0.15) is 0 Å². The van der Waals surface area contributed by atoms with E-state index in [-0.39, 0.29) is 6.04 Å². The highest BCUT2D eigenvalue weighted by molar-refractivity contribution is 7.87. The fourth-order valence-corrected chi connectivity index (χ4v) is 3.88. The summed E-state index contributed by atoms with van der Waals surface area (Å²) in [5.41, 5.74) is 7.55. The van der Waals surface area contributed by atoms with Crippen LogP contribution >= 0.6 is 0 Å². The Morgan fingerprint density at radius 2 is 1.80 bits per heavy atom. The molecule has 1 saturated heterocycles. The van der Waals surface area contributed by atoms with Gasteiger partial charge >= 0.3 is 0 Å². The normalized spacial score (nSPS) is 18.9. The Kier molecular flexibility index (Phi) is 5.15. The monoisotopic (exact) mass is 297 g/mol. The molecule has 6 heteroatoms. The summed E-state index contributed by atoms with van der Waals surface area (Å²) in [6.45, 7) is 3.59. The maximum absolute atomic E-state index is 12.3. The zero-order chi connectivity index (χ0) is 14.6. The minimum absolute atomic E-state index is 0.242. The van der Waals surface area contributed by atoms with Crippen molar-refractivity contribution >= 4 is 10.2 Å². The molecule has 0 aliphatic carbocycles. The van der Waals surface area contributed by atoms with Gasteiger partial charge in [-0.3, -0.25) is 0 Å². The molecule has 0 amide bonds. The minimum Gasteiger partial charge on any atom is -0.326 e. The van der Waals surface area contributed by atoms with E-state index in [2.05, 4.69) is 4.72 Å². The number of piperidine rings is 1. The van der Waals surface area contributed by atoms with Crippen molar-refractivity contribution in [2.75, 3.05) is 13.1 Å². The molecule has 1 atom stereocenters. The first kappa shape index (κ1) is 15.4. The van der Waals surface area contributed by atoms with Gasteiger partial charge in [-0.25, -0.2) is 0 Å². The van der Waals surface area contributed by atoms with Gasteiger partial charge in [0, 0.05) is 25.7 Å². The largest absolute Gasteiger partial charge is 0.326 e. The third kappa shape index (κ3) is 3.79. The lowest BCUT2D eigenvalue weighted by molar-refractivity contribution is 0.339. The summed E-state index contributed by atoms with van der Waals surface area (Å²) in [6.07, 6.45) is 3.00. The van der Waals surface area contributed by atoms with E-state index in [0.717, 1.165) is 30.4 Å². The zero-order valence-electron chi connectivity index (χ0n) is 11.9. The maximum Gasteiger partial charge on any atom is 0.279 e. The highest BCUT2D eigenvalue weighted by Crippen LogP contribution is 2.17. The summed E-state index contributed by atoms with van der Waals surface area (Å²) < 4.78 is 28.9. The maximum atomic E-state index is 12.3. The van der Waals surface area contributed by atoms with Gasteiger partial charge in [-0.15, -0.1) is 0 Å². The fourth-order valence-electron chi connectivity index (χ4n) is 2.41. The standard InChI is InChI=1S/C14H23N3O2S/c1-12(14-7-5-13(11-15)6-8-14)16-20(18,19)17-9-3-2-4-10-17/h5-8,12,16H,2-4,9-11,15H2,1H3. The molecule has 1 aliphatic heterocycles. The van der Waals surface area contributed by atoms with Gasteiger partial charge < -0.3 is 5.73 Å². The Balaban J connectivity index is 2.03. The van der Waals surface area contributed by atoms with Crippen LogP contribution in [0.4, 0.5) is 0 Å². The first-order valence-electron chi connectivity index (χ1n) is 7.09. The number of hydrogen-bond donors (Lipinski definition) is 2. The molecule has 0 aromatic heterocycles. The van der Waals surface area contributed by atoms with Gasteiger partial charge in [0.2, 0.25) is 0 Å². The Morgan fingerprint density at radius 1 is 1.20 bits per heavy atom. The molecule has 2 rings (SSSR count). The molecule has 1 aromatic rings. The predicted molar refractivity (Wildman–Crippen MR) is 80.2 cm³/mol. The van der Waals surface area contributed by atoms with Crippen molar-refractivity contribution < 1.29 is 8.42 Å². The third-order valence-corrected chi connectivity index (χ3v) is 5.39. The summed E-state index contributed by atoms with van der Waals surface area (Å²) in [4.78, 5) is 0. The fraction of sp³-hybridized carbons (Fsp3) is 0.571. The molecule has 1 aliphatic rings. The minimum atomic E-state index is -3.39. The van der Waals surface area contributed by atoms with Gasteiger partial charge in [0.05, 0.1) is 0 Å². The second kappa shape index (κ2) is 6.67. The van der Waals surface area contributed by atoms with Crippen molar-refractivity contribution in [3.05, 3.63) is 35.4 Å². The molecule has 112 valence electrons. The second-order valence-corrected chi connectivity index (χ2v) is 6.95. The Hall–Kier alpha value is -0.950. The van der Waals surface area contributed by atoms with Crippen LogP contribution < -0.4 is 10.5 Å². The molecule has 0 radical (unpaired) electrons. The number of benzene rings is 1.